The third kappa shape index (κ3) is 2.96. The highest BCUT2D eigenvalue weighted by Gasteiger charge is 2.27. The van der Waals surface area contributed by atoms with E-state index in [1.54, 1.807) is 6.92 Å². The molecule has 0 saturated heterocycles. The minimum atomic E-state index is -0.856. The van der Waals surface area contributed by atoms with Gasteiger partial charge in [0.05, 0.1) is 11.3 Å². The molecule has 20 heavy (non-hydrogen) atoms. The Kier molecular flexibility index (Phi) is 4.33. The third-order valence-corrected chi connectivity index (χ3v) is 4.17. The van der Waals surface area contributed by atoms with Gasteiger partial charge in [-0.25, -0.2) is 0 Å². The number of rotatable bonds is 4. The molecule has 2 N–H and O–H groups in total. The molecule has 1 aromatic carbocycles. The maximum Gasteiger partial charge on any atom is 0.123 e. The maximum atomic E-state index is 10.3. The fourth-order valence-electron chi connectivity index (χ4n) is 2.29. The van der Waals surface area contributed by atoms with E-state index in [-0.39, 0.29) is 12.5 Å². The van der Waals surface area contributed by atoms with Crippen molar-refractivity contribution in [2.75, 3.05) is 6.61 Å². The van der Waals surface area contributed by atoms with Gasteiger partial charge in [0, 0.05) is 11.1 Å². The van der Waals surface area contributed by atoms with E-state index in [0.29, 0.717) is 5.71 Å². The van der Waals surface area contributed by atoms with E-state index in [1.165, 1.54) is 0 Å². The number of hydrogen-bond acceptors (Lipinski definition) is 4. The van der Waals surface area contributed by atoms with Gasteiger partial charge in [0.2, 0.25) is 0 Å². The van der Waals surface area contributed by atoms with Crippen LogP contribution in [0.1, 0.15) is 44.7 Å². The monoisotopic (exact) mass is 277 g/mol. The fourth-order valence-corrected chi connectivity index (χ4v) is 2.29. The van der Waals surface area contributed by atoms with Gasteiger partial charge in [-0.05, 0) is 38.2 Å². The molecule has 0 bridgehead atoms. The topological polar surface area (TPSA) is 62.0 Å². The van der Waals surface area contributed by atoms with Gasteiger partial charge in [-0.3, -0.25) is 0 Å². The van der Waals surface area contributed by atoms with E-state index in [1.807, 2.05) is 32.0 Å². The summed E-state index contributed by atoms with van der Waals surface area (Å²) in [7, 11) is 0. The predicted octanol–water partition coefficient (Wildman–Crippen LogP) is 2.99. The molecule has 1 atom stereocenters. The van der Waals surface area contributed by atoms with Crippen molar-refractivity contribution in [1.29, 1.82) is 0 Å². The Morgan fingerprint density at radius 1 is 1.35 bits per heavy atom. The molecular formula is C16H23NO3. The highest BCUT2D eigenvalue weighted by atomic mass is 16.5. The molecule has 1 unspecified atom stereocenters. The van der Waals surface area contributed by atoms with Crippen LogP contribution in [0.2, 0.25) is 0 Å². The van der Waals surface area contributed by atoms with Crippen LogP contribution in [0.5, 0.6) is 5.75 Å². The van der Waals surface area contributed by atoms with Crippen LogP contribution in [-0.2, 0) is 6.42 Å². The standard InChI is InChI=1S/C16H23NO3/c1-11(2)16(3,18)10-20-15-9-5-6-12-13(15)7-4-8-14(12)17-19/h5-6,9,11,18-19H,4,7-8,10H2,1-3H3/b17-14+. The zero-order chi connectivity index (χ0) is 14.8. The molecule has 0 amide bonds. The summed E-state index contributed by atoms with van der Waals surface area (Å²) in [6, 6.07) is 5.77. The van der Waals surface area contributed by atoms with Crippen LogP contribution in [0, 0.1) is 5.92 Å². The normalized spacial score (nSPS) is 19.8. The Hall–Kier alpha value is -1.55. The molecule has 0 radical (unpaired) electrons. The summed E-state index contributed by atoms with van der Waals surface area (Å²) in [6.45, 7) is 5.99. The van der Waals surface area contributed by atoms with Gasteiger partial charge in [-0.2, -0.15) is 0 Å². The first kappa shape index (κ1) is 14.9. The molecule has 1 aromatic rings. The van der Waals surface area contributed by atoms with Crippen LogP contribution in [0.25, 0.3) is 0 Å². The molecule has 4 nitrogen and oxygen atoms in total. The summed E-state index contributed by atoms with van der Waals surface area (Å²) in [5, 5.41) is 22.7. The van der Waals surface area contributed by atoms with Gasteiger partial charge in [-0.1, -0.05) is 31.1 Å². The molecule has 4 heteroatoms. The Bertz CT molecular complexity index is 506. The number of benzene rings is 1. The van der Waals surface area contributed by atoms with Gasteiger partial charge in [0.1, 0.15) is 12.4 Å². The zero-order valence-electron chi connectivity index (χ0n) is 12.4. The van der Waals surface area contributed by atoms with Crippen LogP contribution in [0.15, 0.2) is 23.4 Å². The third-order valence-electron chi connectivity index (χ3n) is 4.17. The number of aliphatic hydroxyl groups is 1. The molecule has 1 aliphatic carbocycles. The highest BCUT2D eigenvalue weighted by molar-refractivity contribution is 6.02. The van der Waals surface area contributed by atoms with Crippen molar-refractivity contribution in [2.45, 2.75) is 45.6 Å². The molecule has 2 rings (SSSR count). The number of nitrogens with zero attached hydrogens (tertiary/aromatic N) is 1. The Balaban J connectivity index is 2.22. The highest BCUT2D eigenvalue weighted by Crippen LogP contribution is 2.31. The number of fused-ring (bicyclic) bond motifs is 1. The van der Waals surface area contributed by atoms with Gasteiger partial charge in [0.15, 0.2) is 0 Å². The number of ether oxygens (including phenoxy) is 1. The molecule has 110 valence electrons. The van der Waals surface area contributed by atoms with E-state index < -0.39 is 5.60 Å². The fraction of sp³-hybridized carbons (Fsp3) is 0.562. The van der Waals surface area contributed by atoms with Gasteiger partial charge in [-0.15, -0.1) is 0 Å². The SMILES string of the molecule is CC(C)C(C)(O)COc1cccc2c1CCC/C2=N\O. The van der Waals surface area contributed by atoms with E-state index in [9.17, 15) is 5.11 Å². The smallest absolute Gasteiger partial charge is 0.123 e. The second-order valence-corrected chi connectivity index (χ2v) is 5.98. The second kappa shape index (κ2) is 5.83. The number of oxime groups is 1. The molecule has 0 aromatic heterocycles. The first-order valence-corrected chi connectivity index (χ1v) is 7.14. The molecule has 0 fully saturated rings. The van der Waals surface area contributed by atoms with Crippen LogP contribution in [0.4, 0.5) is 0 Å². The summed E-state index contributed by atoms with van der Waals surface area (Å²) < 4.78 is 5.84. The summed E-state index contributed by atoms with van der Waals surface area (Å²) >= 11 is 0. The summed E-state index contributed by atoms with van der Waals surface area (Å²) in [5.74, 6) is 0.904. The molecule has 0 saturated carbocycles. The van der Waals surface area contributed by atoms with Crippen LogP contribution in [-0.4, -0.2) is 28.2 Å². The Morgan fingerprint density at radius 2 is 2.10 bits per heavy atom. The minimum absolute atomic E-state index is 0.122. The molecular weight excluding hydrogens is 254 g/mol. The molecule has 0 heterocycles. The lowest BCUT2D eigenvalue weighted by molar-refractivity contribution is -0.0268. The van der Waals surface area contributed by atoms with Crippen molar-refractivity contribution in [3.05, 3.63) is 29.3 Å². The quantitative estimate of drug-likeness (QED) is 0.657. The average Bonchev–Trinajstić information content (AvgIpc) is 2.44. The van der Waals surface area contributed by atoms with Crippen LogP contribution < -0.4 is 4.74 Å². The van der Waals surface area contributed by atoms with E-state index in [2.05, 4.69) is 5.16 Å². The largest absolute Gasteiger partial charge is 0.490 e. The average molecular weight is 277 g/mol. The Morgan fingerprint density at radius 3 is 2.75 bits per heavy atom. The van der Waals surface area contributed by atoms with Crippen molar-refractivity contribution >= 4 is 5.71 Å². The first-order chi connectivity index (χ1) is 9.45. The van der Waals surface area contributed by atoms with Crippen molar-refractivity contribution in [2.24, 2.45) is 11.1 Å². The zero-order valence-corrected chi connectivity index (χ0v) is 12.4. The predicted molar refractivity (Wildman–Crippen MR) is 78.7 cm³/mol. The van der Waals surface area contributed by atoms with E-state index in [4.69, 9.17) is 9.94 Å². The van der Waals surface area contributed by atoms with E-state index >= 15 is 0 Å². The van der Waals surface area contributed by atoms with Gasteiger partial charge < -0.3 is 15.1 Å². The second-order valence-electron chi connectivity index (χ2n) is 5.98. The first-order valence-electron chi connectivity index (χ1n) is 7.14. The van der Waals surface area contributed by atoms with Crippen molar-refractivity contribution in [3.8, 4) is 5.75 Å². The van der Waals surface area contributed by atoms with E-state index in [0.717, 1.165) is 36.1 Å². The lowest BCUT2D eigenvalue weighted by atomic mass is 9.89. The van der Waals surface area contributed by atoms with Crippen LogP contribution in [0.3, 0.4) is 0 Å². The van der Waals surface area contributed by atoms with Gasteiger partial charge in [0.25, 0.3) is 0 Å². The molecule has 0 spiro atoms. The summed E-state index contributed by atoms with van der Waals surface area (Å²) in [4.78, 5) is 0. The lowest BCUT2D eigenvalue weighted by Crippen LogP contribution is -2.38. The van der Waals surface area contributed by atoms with Crippen molar-refractivity contribution in [1.82, 2.24) is 0 Å². The minimum Gasteiger partial charge on any atom is -0.490 e. The molecule has 0 aliphatic heterocycles. The molecule has 1 aliphatic rings. The van der Waals surface area contributed by atoms with Gasteiger partial charge >= 0.3 is 0 Å². The maximum absolute atomic E-state index is 10.3. The summed E-state index contributed by atoms with van der Waals surface area (Å²) in [5.41, 5.74) is 1.89. The van der Waals surface area contributed by atoms with Crippen molar-refractivity contribution < 1.29 is 15.1 Å². The van der Waals surface area contributed by atoms with Crippen molar-refractivity contribution in [3.63, 3.8) is 0 Å². The lowest BCUT2D eigenvalue weighted by Gasteiger charge is -2.28. The Labute approximate surface area is 120 Å². The summed E-state index contributed by atoms with van der Waals surface area (Å²) in [6.07, 6.45) is 2.65. The number of hydrogen-bond donors (Lipinski definition) is 2. The van der Waals surface area contributed by atoms with Crippen LogP contribution >= 0.6 is 0 Å².